The molecule has 1 aliphatic heterocycles. The first kappa shape index (κ1) is 12.7. The van der Waals surface area contributed by atoms with Gasteiger partial charge in [-0.05, 0) is 18.6 Å². The summed E-state index contributed by atoms with van der Waals surface area (Å²) in [7, 11) is 0. The number of ether oxygens (including phenoxy) is 1. The minimum absolute atomic E-state index is 0.376. The summed E-state index contributed by atoms with van der Waals surface area (Å²) in [5, 5.41) is 0. The highest BCUT2D eigenvalue weighted by Crippen LogP contribution is 2.47. The molecule has 1 nitrogen and oxygen atoms in total. The minimum Gasteiger partial charge on any atom is -0.457 e. The molecule has 3 rings (SSSR count). The summed E-state index contributed by atoms with van der Waals surface area (Å²) in [4.78, 5) is 0.448. The highest BCUT2D eigenvalue weighted by atomic mass is 79.9. The zero-order chi connectivity index (χ0) is 13.2. The van der Waals surface area contributed by atoms with Crippen molar-refractivity contribution in [1.82, 2.24) is 0 Å². The zero-order valence-corrected chi connectivity index (χ0v) is 12.6. The first-order chi connectivity index (χ1) is 9.31. The number of hydrogen-bond donors (Lipinski definition) is 0. The highest BCUT2D eigenvalue weighted by molar-refractivity contribution is 9.09. The van der Waals surface area contributed by atoms with Crippen LogP contribution in [0.5, 0.6) is 11.5 Å². The Morgan fingerprint density at radius 1 is 1.00 bits per heavy atom. The summed E-state index contributed by atoms with van der Waals surface area (Å²) in [5.41, 5.74) is 2.58. The maximum atomic E-state index is 6.02. The van der Waals surface area contributed by atoms with E-state index < -0.39 is 0 Å². The van der Waals surface area contributed by atoms with Crippen LogP contribution in [0, 0.1) is 0 Å². The van der Waals surface area contributed by atoms with Crippen LogP contribution in [0.4, 0.5) is 0 Å². The summed E-state index contributed by atoms with van der Waals surface area (Å²) < 4.78 is 6.02. The van der Waals surface area contributed by atoms with Crippen molar-refractivity contribution in [2.24, 2.45) is 0 Å². The van der Waals surface area contributed by atoms with E-state index in [1.807, 2.05) is 12.1 Å². The Bertz CT molecular complexity index is 533. The van der Waals surface area contributed by atoms with E-state index >= 15 is 0 Å². The van der Waals surface area contributed by atoms with Gasteiger partial charge in [0.15, 0.2) is 0 Å². The fourth-order valence-corrected chi connectivity index (χ4v) is 3.81. The molecule has 0 bridgehead atoms. The summed E-state index contributed by atoms with van der Waals surface area (Å²) in [6, 6.07) is 16.7. The molecule has 0 spiro atoms. The van der Waals surface area contributed by atoms with E-state index in [1.54, 1.807) is 0 Å². The van der Waals surface area contributed by atoms with Gasteiger partial charge in [-0.3, -0.25) is 0 Å². The van der Waals surface area contributed by atoms with Crippen molar-refractivity contribution in [2.75, 3.05) is 0 Å². The Kier molecular flexibility index (Phi) is 3.61. The minimum atomic E-state index is 0.376. The lowest BCUT2D eigenvalue weighted by molar-refractivity contribution is 0.441. The van der Waals surface area contributed by atoms with Gasteiger partial charge in [0.1, 0.15) is 11.5 Å². The molecule has 2 aromatic carbocycles. The first-order valence-corrected chi connectivity index (χ1v) is 7.72. The molecule has 0 saturated carbocycles. The number of para-hydroxylation sites is 2. The van der Waals surface area contributed by atoms with Crippen molar-refractivity contribution < 1.29 is 4.74 Å². The molecular formula is C17H17BrO. The molecule has 0 aromatic heterocycles. The molecular weight excluding hydrogens is 300 g/mol. The number of benzene rings is 2. The van der Waals surface area contributed by atoms with E-state index in [4.69, 9.17) is 4.74 Å². The van der Waals surface area contributed by atoms with E-state index in [0.717, 1.165) is 17.9 Å². The van der Waals surface area contributed by atoms with Gasteiger partial charge in [-0.2, -0.15) is 0 Å². The summed E-state index contributed by atoms with van der Waals surface area (Å²) >= 11 is 3.88. The Morgan fingerprint density at radius 3 is 2.05 bits per heavy atom. The van der Waals surface area contributed by atoms with Crippen LogP contribution < -0.4 is 4.74 Å². The third-order valence-corrected chi connectivity index (χ3v) is 4.64. The molecule has 19 heavy (non-hydrogen) atoms. The van der Waals surface area contributed by atoms with Crippen LogP contribution in [0.15, 0.2) is 48.5 Å². The van der Waals surface area contributed by atoms with Gasteiger partial charge in [-0.25, -0.2) is 0 Å². The van der Waals surface area contributed by atoms with Crippen molar-refractivity contribution in [3.63, 3.8) is 0 Å². The standard InChI is InChI=1S/C17H17BrO/c1-2-7-14(18)17-12-8-3-5-10-15(12)19-16-11-6-4-9-13(16)17/h3-6,8-11,14,17H,2,7H2,1H3. The van der Waals surface area contributed by atoms with Crippen LogP contribution >= 0.6 is 15.9 Å². The van der Waals surface area contributed by atoms with Gasteiger partial charge >= 0.3 is 0 Å². The maximum absolute atomic E-state index is 6.02. The Hall–Kier alpha value is -1.28. The quantitative estimate of drug-likeness (QED) is 0.680. The van der Waals surface area contributed by atoms with Crippen molar-refractivity contribution in [3.8, 4) is 11.5 Å². The average molecular weight is 317 g/mol. The van der Waals surface area contributed by atoms with Crippen molar-refractivity contribution in [1.29, 1.82) is 0 Å². The summed E-state index contributed by atoms with van der Waals surface area (Å²) in [6.07, 6.45) is 2.34. The number of halogens is 1. The lowest BCUT2D eigenvalue weighted by atomic mass is 9.84. The van der Waals surface area contributed by atoms with Gasteiger partial charge in [0.25, 0.3) is 0 Å². The average Bonchev–Trinajstić information content (AvgIpc) is 2.44. The smallest absolute Gasteiger partial charge is 0.131 e. The van der Waals surface area contributed by atoms with E-state index in [-0.39, 0.29) is 0 Å². The molecule has 2 heteroatoms. The van der Waals surface area contributed by atoms with Crippen LogP contribution in [0.1, 0.15) is 36.8 Å². The summed E-state index contributed by atoms with van der Waals surface area (Å²) in [6.45, 7) is 2.23. The number of alkyl halides is 1. The topological polar surface area (TPSA) is 9.23 Å². The third kappa shape index (κ3) is 2.30. The fourth-order valence-electron chi connectivity index (χ4n) is 2.78. The molecule has 0 N–H and O–H groups in total. The van der Waals surface area contributed by atoms with Crippen LogP contribution in [0.25, 0.3) is 0 Å². The van der Waals surface area contributed by atoms with Crippen LogP contribution in [-0.2, 0) is 0 Å². The molecule has 1 aliphatic rings. The lowest BCUT2D eigenvalue weighted by Gasteiger charge is -2.31. The Balaban J connectivity index is 2.11. The third-order valence-electron chi connectivity index (χ3n) is 3.65. The van der Waals surface area contributed by atoms with Gasteiger partial charge in [-0.15, -0.1) is 0 Å². The second-order valence-electron chi connectivity index (χ2n) is 4.96. The van der Waals surface area contributed by atoms with Gasteiger partial charge in [0.05, 0.1) is 0 Å². The van der Waals surface area contributed by atoms with Gasteiger partial charge < -0.3 is 4.74 Å². The summed E-state index contributed by atoms with van der Waals surface area (Å²) in [5.74, 6) is 2.36. The lowest BCUT2D eigenvalue weighted by Crippen LogP contribution is -2.18. The van der Waals surface area contributed by atoms with Crippen LogP contribution in [0.2, 0.25) is 0 Å². The van der Waals surface area contributed by atoms with Crippen LogP contribution in [0.3, 0.4) is 0 Å². The predicted octanol–water partition coefficient (Wildman–Crippen LogP) is 5.49. The molecule has 98 valence electrons. The largest absolute Gasteiger partial charge is 0.457 e. The molecule has 1 unspecified atom stereocenters. The molecule has 0 amide bonds. The van der Waals surface area contributed by atoms with Gasteiger partial charge in [0.2, 0.25) is 0 Å². The first-order valence-electron chi connectivity index (χ1n) is 6.81. The molecule has 1 atom stereocenters. The molecule has 0 aliphatic carbocycles. The zero-order valence-electron chi connectivity index (χ0n) is 11.0. The van der Waals surface area contributed by atoms with Gasteiger partial charge in [-0.1, -0.05) is 65.7 Å². The van der Waals surface area contributed by atoms with Gasteiger partial charge in [0, 0.05) is 21.9 Å². The normalized spacial score (nSPS) is 15.3. The van der Waals surface area contributed by atoms with E-state index in [0.29, 0.717) is 10.7 Å². The number of rotatable bonds is 3. The monoisotopic (exact) mass is 316 g/mol. The van der Waals surface area contributed by atoms with E-state index in [2.05, 4.69) is 59.3 Å². The molecule has 2 aromatic rings. The van der Waals surface area contributed by atoms with Crippen molar-refractivity contribution in [2.45, 2.75) is 30.5 Å². The Labute approximate surface area is 122 Å². The number of hydrogen-bond acceptors (Lipinski definition) is 1. The van der Waals surface area contributed by atoms with E-state index in [9.17, 15) is 0 Å². The number of fused-ring (bicyclic) bond motifs is 2. The highest BCUT2D eigenvalue weighted by Gasteiger charge is 2.31. The SMILES string of the molecule is CCCC(Br)C1c2ccccc2Oc2ccccc21. The van der Waals surface area contributed by atoms with Crippen molar-refractivity contribution >= 4 is 15.9 Å². The molecule has 1 heterocycles. The van der Waals surface area contributed by atoms with Crippen molar-refractivity contribution in [3.05, 3.63) is 59.7 Å². The predicted molar refractivity (Wildman–Crippen MR) is 82.4 cm³/mol. The molecule has 0 fully saturated rings. The second kappa shape index (κ2) is 5.38. The Morgan fingerprint density at radius 2 is 1.53 bits per heavy atom. The van der Waals surface area contributed by atoms with E-state index in [1.165, 1.54) is 17.5 Å². The second-order valence-corrected chi connectivity index (χ2v) is 6.14. The van der Waals surface area contributed by atoms with Crippen LogP contribution in [-0.4, -0.2) is 4.83 Å². The molecule has 0 radical (unpaired) electrons. The maximum Gasteiger partial charge on any atom is 0.131 e. The molecule has 0 saturated heterocycles. The fraction of sp³-hybridized carbons (Fsp3) is 0.294.